The number of rotatable bonds is 3. The van der Waals surface area contributed by atoms with Crippen LogP contribution in [0.4, 0.5) is 15.8 Å². The molecule has 0 unspecified atom stereocenters. The van der Waals surface area contributed by atoms with Crippen LogP contribution in [0.3, 0.4) is 0 Å². The maximum Gasteiger partial charge on any atom is 0.273 e. The Labute approximate surface area is 126 Å². The van der Waals surface area contributed by atoms with Gasteiger partial charge in [-0.2, -0.15) is 0 Å². The van der Waals surface area contributed by atoms with Crippen molar-refractivity contribution < 1.29 is 19.2 Å². The topological polar surface area (TPSA) is 92.5 Å². The fourth-order valence-corrected chi connectivity index (χ4v) is 1.94. The average Bonchev–Trinajstić information content (AvgIpc) is 2.40. The second-order valence-corrected chi connectivity index (χ2v) is 4.95. The Morgan fingerprint density at radius 3 is 2.57 bits per heavy atom. The van der Waals surface area contributed by atoms with Crippen LogP contribution in [0.1, 0.15) is 10.4 Å². The molecule has 0 aromatic heterocycles. The van der Waals surface area contributed by atoms with Crippen molar-refractivity contribution in [2.24, 2.45) is 0 Å². The number of nitro benzene ring substituents is 1. The van der Waals surface area contributed by atoms with Crippen molar-refractivity contribution in [1.82, 2.24) is 0 Å². The summed E-state index contributed by atoms with van der Waals surface area (Å²) in [7, 11) is 0. The summed E-state index contributed by atoms with van der Waals surface area (Å²) in [5, 5.41) is 22.5. The summed E-state index contributed by atoms with van der Waals surface area (Å²) < 4.78 is 14.1. The fourth-order valence-electron chi connectivity index (χ4n) is 1.60. The molecule has 0 atom stereocenters. The molecule has 0 aliphatic heterocycles. The summed E-state index contributed by atoms with van der Waals surface area (Å²) in [4.78, 5) is 21.8. The predicted octanol–water partition coefficient (Wildman–Crippen LogP) is 3.45. The molecule has 6 nitrogen and oxygen atoms in total. The van der Waals surface area contributed by atoms with Crippen molar-refractivity contribution in [3.63, 3.8) is 0 Å². The lowest BCUT2D eigenvalue weighted by molar-refractivity contribution is -0.384. The minimum Gasteiger partial charge on any atom is -0.506 e. The van der Waals surface area contributed by atoms with Gasteiger partial charge in [0.15, 0.2) is 0 Å². The Morgan fingerprint density at radius 1 is 1.29 bits per heavy atom. The van der Waals surface area contributed by atoms with Gasteiger partial charge in [-0.15, -0.1) is 0 Å². The van der Waals surface area contributed by atoms with Gasteiger partial charge in [-0.05, 0) is 24.3 Å². The van der Waals surface area contributed by atoms with Crippen LogP contribution in [0.15, 0.2) is 40.9 Å². The molecule has 2 N–H and O–H groups in total. The summed E-state index contributed by atoms with van der Waals surface area (Å²) in [6.07, 6.45) is 0. The molecule has 8 heteroatoms. The first kappa shape index (κ1) is 14.9. The van der Waals surface area contributed by atoms with E-state index in [0.29, 0.717) is 4.47 Å². The SMILES string of the molecule is O=C(Nc1ccc([N+](=O)[O-])cc1O)c1ccc(Br)cc1F. The maximum absolute atomic E-state index is 13.6. The molecule has 0 spiro atoms. The van der Waals surface area contributed by atoms with Crippen LogP contribution in [0.5, 0.6) is 5.75 Å². The van der Waals surface area contributed by atoms with E-state index in [1.165, 1.54) is 18.2 Å². The summed E-state index contributed by atoms with van der Waals surface area (Å²) in [6, 6.07) is 7.08. The molecule has 0 saturated carbocycles. The van der Waals surface area contributed by atoms with E-state index in [2.05, 4.69) is 21.2 Å². The van der Waals surface area contributed by atoms with Gasteiger partial charge in [-0.3, -0.25) is 14.9 Å². The van der Waals surface area contributed by atoms with Crippen molar-refractivity contribution in [1.29, 1.82) is 0 Å². The van der Waals surface area contributed by atoms with Crippen molar-refractivity contribution in [3.05, 3.63) is 62.4 Å². The number of amides is 1. The zero-order valence-corrected chi connectivity index (χ0v) is 11.9. The molecule has 108 valence electrons. The summed E-state index contributed by atoms with van der Waals surface area (Å²) >= 11 is 3.07. The minimum absolute atomic E-state index is 0.0482. The Kier molecular flexibility index (Phi) is 4.18. The lowest BCUT2D eigenvalue weighted by Crippen LogP contribution is -2.13. The van der Waals surface area contributed by atoms with Crippen molar-refractivity contribution in [3.8, 4) is 5.75 Å². The number of nitro groups is 1. The quantitative estimate of drug-likeness (QED) is 0.501. The van der Waals surface area contributed by atoms with Gasteiger partial charge in [0.05, 0.1) is 22.2 Å². The van der Waals surface area contributed by atoms with E-state index in [0.717, 1.165) is 18.2 Å². The first-order valence-electron chi connectivity index (χ1n) is 5.62. The first-order valence-corrected chi connectivity index (χ1v) is 6.41. The van der Waals surface area contributed by atoms with Gasteiger partial charge in [0.25, 0.3) is 11.6 Å². The number of benzene rings is 2. The standard InChI is InChI=1S/C13H8BrFN2O4/c14-7-1-3-9(10(15)5-7)13(19)16-11-4-2-8(17(20)21)6-12(11)18/h1-6,18H,(H,16,19). The van der Waals surface area contributed by atoms with Crippen molar-refractivity contribution >= 4 is 33.2 Å². The molecule has 0 fully saturated rings. The number of hydrogen-bond donors (Lipinski definition) is 2. The zero-order chi connectivity index (χ0) is 15.6. The molecule has 2 aromatic carbocycles. The number of halogens is 2. The highest BCUT2D eigenvalue weighted by Gasteiger charge is 2.15. The third kappa shape index (κ3) is 3.34. The highest BCUT2D eigenvalue weighted by atomic mass is 79.9. The van der Waals surface area contributed by atoms with E-state index in [-0.39, 0.29) is 16.9 Å². The Balaban J connectivity index is 2.25. The van der Waals surface area contributed by atoms with E-state index in [1.54, 1.807) is 0 Å². The normalized spacial score (nSPS) is 10.2. The average molecular weight is 355 g/mol. The molecule has 2 rings (SSSR count). The highest BCUT2D eigenvalue weighted by molar-refractivity contribution is 9.10. The van der Waals surface area contributed by atoms with Crippen LogP contribution in [0, 0.1) is 15.9 Å². The van der Waals surface area contributed by atoms with Crippen LogP contribution < -0.4 is 5.32 Å². The number of hydrogen-bond acceptors (Lipinski definition) is 4. The molecule has 0 heterocycles. The van der Waals surface area contributed by atoms with Crippen LogP contribution in [0.25, 0.3) is 0 Å². The van der Waals surface area contributed by atoms with E-state index in [1.807, 2.05) is 0 Å². The van der Waals surface area contributed by atoms with Crippen molar-refractivity contribution in [2.45, 2.75) is 0 Å². The van der Waals surface area contributed by atoms with Crippen LogP contribution in [0.2, 0.25) is 0 Å². The molecule has 21 heavy (non-hydrogen) atoms. The Bertz CT molecular complexity index is 736. The second kappa shape index (κ2) is 5.88. The van der Waals surface area contributed by atoms with Crippen LogP contribution >= 0.6 is 15.9 Å². The molecular formula is C13H8BrFN2O4. The lowest BCUT2D eigenvalue weighted by atomic mass is 10.2. The first-order chi connectivity index (χ1) is 9.88. The molecule has 1 amide bonds. The number of phenols is 1. The number of non-ortho nitro benzene ring substituents is 1. The van der Waals surface area contributed by atoms with E-state index in [9.17, 15) is 24.4 Å². The number of carbonyl (C=O) groups is 1. The number of phenolic OH excluding ortho intramolecular Hbond substituents is 1. The third-order valence-corrected chi connectivity index (χ3v) is 3.11. The van der Waals surface area contributed by atoms with Crippen LogP contribution in [-0.4, -0.2) is 15.9 Å². The molecule has 0 radical (unpaired) electrons. The van der Waals surface area contributed by atoms with E-state index in [4.69, 9.17) is 0 Å². The number of carbonyl (C=O) groups excluding carboxylic acids is 1. The smallest absolute Gasteiger partial charge is 0.273 e. The monoisotopic (exact) mass is 354 g/mol. The fraction of sp³-hybridized carbons (Fsp3) is 0. The maximum atomic E-state index is 13.6. The predicted molar refractivity (Wildman–Crippen MR) is 76.8 cm³/mol. The van der Waals surface area contributed by atoms with Crippen molar-refractivity contribution in [2.75, 3.05) is 5.32 Å². The van der Waals surface area contributed by atoms with Gasteiger partial charge >= 0.3 is 0 Å². The summed E-state index contributed by atoms with van der Waals surface area (Å²) in [6.45, 7) is 0. The van der Waals surface area contributed by atoms with Gasteiger partial charge in [0.1, 0.15) is 11.6 Å². The van der Waals surface area contributed by atoms with Gasteiger partial charge in [-0.1, -0.05) is 15.9 Å². The molecule has 0 bridgehead atoms. The number of nitrogens with one attached hydrogen (secondary N) is 1. The highest BCUT2D eigenvalue weighted by Crippen LogP contribution is 2.28. The van der Waals surface area contributed by atoms with E-state index < -0.39 is 22.4 Å². The number of anilines is 1. The Hall–Kier alpha value is -2.48. The third-order valence-electron chi connectivity index (χ3n) is 2.62. The molecule has 0 aliphatic carbocycles. The van der Waals surface area contributed by atoms with E-state index >= 15 is 0 Å². The Morgan fingerprint density at radius 2 is 2.00 bits per heavy atom. The zero-order valence-electron chi connectivity index (χ0n) is 10.3. The molecule has 2 aromatic rings. The van der Waals surface area contributed by atoms with Gasteiger partial charge in [0.2, 0.25) is 0 Å². The van der Waals surface area contributed by atoms with Crippen LogP contribution in [-0.2, 0) is 0 Å². The lowest BCUT2D eigenvalue weighted by Gasteiger charge is -2.08. The van der Waals surface area contributed by atoms with Gasteiger partial charge in [0, 0.05) is 10.5 Å². The molecule has 0 saturated heterocycles. The molecule has 0 aliphatic rings. The van der Waals surface area contributed by atoms with Gasteiger partial charge in [-0.25, -0.2) is 4.39 Å². The minimum atomic E-state index is -0.774. The summed E-state index contributed by atoms with van der Waals surface area (Å²) in [5.74, 6) is -1.98. The number of aromatic hydroxyl groups is 1. The second-order valence-electron chi connectivity index (χ2n) is 4.04. The molecular weight excluding hydrogens is 347 g/mol. The number of nitrogens with zero attached hydrogens (tertiary/aromatic N) is 1. The largest absolute Gasteiger partial charge is 0.506 e. The van der Waals surface area contributed by atoms with Gasteiger partial charge < -0.3 is 10.4 Å². The summed E-state index contributed by atoms with van der Waals surface area (Å²) in [5.41, 5.74) is -0.579.